The predicted molar refractivity (Wildman–Crippen MR) is 137 cm³/mol. The predicted octanol–water partition coefficient (Wildman–Crippen LogP) is 2.84. The second-order valence-electron chi connectivity index (χ2n) is 11.1. The number of aromatic amines is 1. The van der Waals surface area contributed by atoms with Crippen LogP contribution in [0.15, 0.2) is 6.20 Å². The number of H-pyrrole nitrogens is 1. The summed E-state index contributed by atoms with van der Waals surface area (Å²) in [5.41, 5.74) is 1.72. The molecule has 194 valence electrons. The van der Waals surface area contributed by atoms with Crippen LogP contribution in [0.1, 0.15) is 71.1 Å². The molecule has 1 aliphatic rings. The lowest BCUT2D eigenvalue weighted by Crippen LogP contribution is -2.52. The van der Waals surface area contributed by atoms with Gasteiger partial charge < -0.3 is 20.4 Å². The van der Waals surface area contributed by atoms with Gasteiger partial charge in [0.05, 0.1) is 5.69 Å². The van der Waals surface area contributed by atoms with E-state index in [1.165, 1.54) is 0 Å². The summed E-state index contributed by atoms with van der Waals surface area (Å²) in [4.78, 5) is 30.9. The first-order chi connectivity index (χ1) is 16.0. The second-order valence-corrected chi connectivity index (χ2v) is 11.1. The number of carbonyl (C=O) groups is 2. The Kier molecular flexibility index (Phi) is 10.6. The highest BCUT2D eigenvalue weighted by molar-refractivity contribution is 5.84. The summed E-state index contributed by atoms with van der Waals surface area (Å²) in [7, 11) is 5.92. The maximum Gasteiger partial charge on any atom is 0.226 e. The first-order valence-corrected chi connectivity index (χ1v) is 12.9. The number of rotatable bonds is 12. The zero-order valence-electron chi connectivity index (χ0n) is 22.7. The summed E-state index contributed by atoms with van der Waals surface area (Å²) in [6, 6.07) is 0. The van der Waals surface area contributed by atoms with Crippen LogP contribution < -0.4 is 10.6 Å². The Labute approximate surface area is 206 Å². The molecule has 8 heteroatoms. The Bertz CT molecular complexity index is 790. The largest absolute Gasteiger partial charge is 0.356 e. The quantitative estimate of drug-likeness (QED) is 0.431. The number of hydrogen-bond donors (Lipinski definition) is 3. The minimum atomic E-state index is -0.432. The zero-order valence-corrected chi connectivity index (χ0v) is 22.7. The Hall–Kier alpha value is -1.93. The molecule has 8 nitrogen and oxygen atoms in total. The van der Waals surface area contributed by atoms with Crippen molar-refractivity contribution in [3.8, 4) is 0 Å². The summed E-state index contributed by atoms with van der Waals surface area (Å²) >= 11 is 0. The molecule has 1 aliphatic carbocycles. The molecule has 3 atom stereocenters. The van der Waals surface area contributed by atoms with E-state index in [4.69, 9.17) is 0 Å². The molecule has 2 amide bonds. The molecule has 34 heavy (non-hydrogen) atoms. The highest BCUT2D eigenvalue weighted by atomic mass is 16.2. The summed E-state index contributed by atoms with van der Waals surface area (Å²) in [6.07, 6.45) is 4.34. The molecule has 0 bridgehead atoms. The van der Waals surface area contributed by atoms with E-state index < -0.39 is 5.41 Å². The second kappa shape index (κ2) is 12.7. The summed E-state index contributed by atoms with van der Waals surface area (Å²) in [6.45, 7) is 14.5. The monoisotopic (exact) mass is 476 g/mol. The molecule has 0 aliphatic heterocycles. The number of nitrogens with zero attached hydrogens (tertiary/aromatic N) is 3. The molecular weight excluding hydrogens is 428 g/mol. The molecule has 0 saturated heterocycles. The number of hydrogen-bond acceptors (Lipinski definition) is 5. The maximum atomic E-state index is 13.5. The van der Waals surface area contributed by atoms with Crippen molar-refractivity contribution in [3.05, 3.63) is 17.5 Å². The third-order valence-electron chi connectivity index (χ3n) is 7.65. The Morgan fingerprint density at radius 1 is 1.21 bits per heavy atom. The molecule has 0 aromatic carbocycles. The molecule has 1 aromatic rings. The van der Waals surface area contributed by atoms with Crippen molar-refractivity contribution in [1.29, 1.82) is 0 Å². The fraction of sp³-hybridized carbons (Fsp3) is 0.808. The molecule has 1 aromatic heterocycles. The number of carbonyl (C=O) groups excluding carboxylic acids is 2. The molecule has 0 spiro atoms. The van der Waals surface area contributed by atoms with Crippen LogP contribution in [0.4, 0.5) is 0 Å². The molecule has 1 heterocycles. The topological polar surface area (TPSA) is 93.4 Å². The maximum absolute atomic E-state index is 13.5. The van der Waals surface area contributed by atoms with E-state index >= 15 is 0 Å². The summed E-state index contributed by atoms with van der Waals surface area (Å²) < 4.78 is 0. The van der Waals surface area contributed by atoms with Gasteiger partial charge in [-0.1, -0.05) is 27.7 Å². The van der Waals surface area contributed by atoms with Gasteiger partial charge in [0.1, 0.15) is 0 Å². The van der Waals surface area contributed by atoms with Gasteiger partial charge in [-0.2, -0.15) is 5.10 Å². The van der Waals surface area contributed by atoms with E-state index in [1.807, 2.05) is 27.2 Å². The lowest BCUT2D eigenvalue weighted by Gasteiger charge is -2.47. The SMILES string of the molecule is CCN(C)C(=O)C1CC(c2n[nH]cc2CN(C)CCNC)CC(C(=O)NCCC(C)C)C1(C)C. The van der Waals surface area contributed by atoms with Gasteiger partial charge in [0.25, 0.3) is 0 Å². The van der Waals surface area contributed by atoms with Crippen molar-refractivity contribution in [2.75, 3.05) is 47.3 Å². The average molecular weight is 477 g/mol. The fourth-order valence-corrected chi connectivity index (χ4v) is 5.11. The van der Waals surface area contributed by atoms with E-state index in [0.29, 0.717) is 31.8 Å². The minimum absolute atomic E-state index is 0.0621. The Morgan fingerprint density at radius 3 is 2.50 bits per heavy atom. The van der Waals surface area contributed by atoms with Gasteiger partial charge in [-0.25, -0.2) is 0 Å². The van der Waals surface area contributed by atoms with Crippen molar-refractivity contribution in [2.45, 2.75) is 66.3 Å². The van der Waals surface area contributed by atoms with E-state index in [-0.39, 0.29) is 29.6 Å². The van der Waals surface area contributed by atoms with Crippen LogP contribution in [-0.2, 0) is 16.1 Å². The number of likely N-dealkylation sites (N-methyl/N-ethyl adjacent to an activating group) is 2. The minimum Gasteiger partial charge on any atom is -0.356 e. The third kappa shape index (κ3) is 7.04. The van der Waals surface area contributed by atoms with E-state index in [1.54, 1.807) is 4.90 Å². The smallest absolute Gasteiger partial charge is 0.226 e. The van der Waals surface area contributed by atoms with Gasteiger partial charge in [0.2, 0.25) is 11.8 Å². The van der Waals surface area contributed by atoms with Gasteiger partial charge in [0, 0.05) is 69.3 Å². The van der Waals surface area contributed by atoms with Crippen LogP contribution in [0, 0.1) is 23.2 Å². The van der Waals surface area contributed by atoms with Crippen molar-refractivity contribution < 1.29 is 9.59 Å². The number of aromatic nitrogens is 2. The standard InChI is InChI=1S/C26H48N6O2/c1-9-32(8)25(34)22-15-19(23-20(16-29-30-23)17-31(7)13-12-27-6)14-21(26(22,4)5)24(33)28-11-10-18(2)3/h16,18-19,21-22,27H,9-15,17H2,1-8H3,(H,28,33)(H,29,30). The van der Waals surface area contributed by atoms with Crippen LogP contribution in [-0.4, -0.2) is 79.1 Å². The lowest BCUT2D eigenvalue weighted by molar-refractivity contribution is -0.146. The lowest BCUT2D eigenvalue weighted by atomic mass is 9.58. The van der Waals surface area contributed by atoms with Crippen LogP contribution in [0.2, 0.25) is 0 Å². The molecule has 2 rings (SSSR count). The molecule has 0 radical (unpaired) electrons. The van der Waals surface area contributed by atoms with Crippen LogP contribution in [0.25, 0.3) is 0 Å². The van der Waals surface area contributed by atoms with Crippen molar-refractivity contribution in [3.63, 3.8) is 0 Å². The highest BCUT2D eigenvalue weighted by Gasteiger charge is 2.51. The Balaban J connectivity index is 2.32. The van der Waals surface area contributed by atoms with Gasteiger partial charge in [0.15, 0.2) is 0 Å². The fourth-order valence-electron chi connectivity index (χ4n) is 5.11. The highest BCUT2D eigenvalue weighted by Crippen LogP contribution is 2.51. The molecular formula is C26H48N6O2. The van der Waals surface area contributed by atoms with Gasteiger partial charge >= 0.3 is 0 Å². The first kappa shape index (κ1) is 28.3. The van der Waals surface area contributed by atoms with Gasteiger partial charge in [-0.05, 0) is 51.6 Å². The average Bonchev–Trinajstić information content (AvgIpc) is 3.23. The van der Waals surface area contributed by atoms with Gasteiger partial charge in [-0.3, -0.25) is 14.7 Å². The van der Waals surface area contributed by atoms with Crippen LogP contribution in [0.5, 0.6) is 0 Å². The van der Waals surface area contributed by atoms with Gasteiger partial charge in [-0.15, -0.1) is 0 Å². The summed E-state index contributed by atoms with van der Waals surface area (Å²) in [5.74, 6) is 0.308. The first-order valence-electron chi connectivity index (χ1n) is 12.9. The molecule has 1 saturated carbocycles. The number of amides is 2. The van der Waals surface area contributed by atoms with Crippen molar-refractivity contribution in [2.24, 2.45) is 23.2 Å². The normalized spacial score (nSPS) is 22.2. The zero-order chi connectivity index (χ0) is 25.5. The van der Waals surface area contributed by atoms with Crippen molar-refractivity contribution in [1.82, 2.24) is 30.6 Å². The van der Waals surface area contributed by atoms with E-state index in [9.17, 15) is 9.59 Å². The van der Waals surface area contributed by atoms with Crippen LogP contribution in [0.3, 0.4) is 0 Å². The van der Waals surface area contributed by atoms with Crippen LogP contribution >= 0.6 is 0 Å². The Morgan fingerprint density at radius 2 is 1.88 bits per heavy atom. The molecule has 1 fully saturated rings. The third-order valence-corrected chi connectivity index (χ3v) is 7.65. The number of nitrogens with one attached hydrogen (secondary N) is 3. The summed E-state index contributed by atoms with van der Waals surface area (Å²) in [5, 5.41) is 14.1. The van der Waals surface area contributed by atoms with E-state index in [2.05, 4.69) is 60.5 Å². The molecule has 3 N–H and O–H groups in total. The van der Waals surface area contributed by atoms with E-state index in [0.717, 1.165) is 37.3 Å². The van der Waals surface area contributed by atoms with Crippen molar-refractivity contribution >= 4 is 11.8 Å². The molecule has 3 unspecified atom stereocenters.